The second kappa shape index (κ2) is 9.78. The summed E-state index contributed by atoms with van der Waals surface area (Å²) in [5, 5.41) is 11.6. The SMILES string of the molecule is CC1(C)C2CCC(C/C=C\CCCC(=O)O)C1C2.NC(=O)c1cccc2ccsc12. The van der Waals surface area contributed by atoms with E-state index in [0.29, 0.717) is 17.4 Å². The largest absolute Gasteiger partial charge is 0.481 e. The fourth-order valence-electron chi connectivity index (χ4n) is 5.19. The van der Waals surface area contributed by atoms with Gasteiger partial charge >= 0.3 is 5.97 Å². The number of carboxylic acids is 1. The molecule has 0 aliphatic heterocycles. The van der Waals surface area contributed by atoms with Crippen LogP contribution in [0.1, 0.15) is 69.2 Å². The van der Waals surface area contributed by atoms with Crippen LogP contribution >= 0.6 is 11.3 Å². The molecule has 0 radical (unpaired) electrons. The Morgan fingerprint density at radius 3 is 2.70 bits per heavy atom. The highest BCUT2D eigenvalue weighted by atomic mass is 32.1. The molecule has 3 unspecified atom stereocenters. The standard InChI is InChI=1S/C16H26O2.C9H7NOS/c1-16(2)13-10-9-12(14(16)11-13)7-5-3-4-6-8-15(17)18;10-9(11)7-3-1-2-6-4-5-12-8(6)7/h3,5,12-14H,4,6-11H2,1-2H3,(H,17,18);1-5H,(H2,10,11)/b5-3-;. The first-order chi connectivity index (χ1) is 14.3. The molecule has 1 aromatic heterocycles. The molecule has 3 fully saturated rings. The zero-order valence-electron chi connectivity index (χ0n) is 18.0. The zero-order chi connectivity index (χ0) is 21.7. The van der Waals surface area contributed by atoms with Crippen LogP contribution in [0.4, 0.5) is 0 Å². The first kappa shape index (κ1) is 22.5. The summed E-state index contributed by atoms with van der Waals surface area (Å²) >= 11 is 1.54. The van der Waals surface area contributed by atoms with Crippen molar-refractivity contribution in [3.8, 4) is 0 Å². The molecular weight excluding hydrogens is 394 g/mol. The van der Waals surface area contributed by atoms with Gasteiger partial charge in [0, 0.05) is 11.1 Å². The van der Waals surface area contributed by atoms with Gasteiger partial charge in [-0.15, -0.1) is 11.3 Å². The van der Waals surface area contributed by atoms with Gasteiger partial charge in [0.2, 0.25) is 5.91 Å². The minimum atomic E-state index is -0.682. The van der Waals surface area contributed by atoms with Crippen molar-refractivity contribution < 1.29 is 14.7 Å². The number of thiophene rings is 1. The van der Waals surface area contributed by atoms with Crippen molar-refractivity contribution in [1.29, 1.82) is 0 Å². The lowest BCUT2D eigenvalue weighted by Crippen LogP contribution is -2.52. The van der Waals surface area contributed by atoms with Gasteiger partial charge in [0.25, 0.3) is 0 Å². The minimum absolute atomic E-state index is 0.297. The number of nitrogens with two attached hydrogens (primary N) is 1. The van der Waals surface area contributed by atoms with Crippen molar-refractivity contribution in [3.05, 3.63) is 47.4 Å². The second-order valence-corrected chi connectivity index (χ2v) is 10.1. The van der Waals surface area contributed by atoms with Crippen molar-refractivity contribution in [2.24, 2.45) is 28.9 Å². The summed E-state index contributed by atoms with van der Waals surface area (Å²) in [5.74, 6) is 1.75. The van der Waals surface area contributed by atoms with E-state index in [9.17, 15) is 9.59 Å². The molecule has 3 atom stereocenters. The van der Waals surface area contributed by atoms with Crippen LogP contribution in [-0.4, -0.2) is 17.0 Å². The van der Waals surface area contributed by atoms with Gasteiger partial charge in [-0.25, -0.2) is 0 Å². The van der Waals surface area contributed by atoms with Crippen LogP contribution in [0.3, 0.4) is 0 Å². The molecule has 30 heavy (non-hydrogen) atoms. The molecule has 3 N–H and O–H groups in total. The van der Waals surface area contributed by atoms with E-state index in [1.807, 2.05) is 23.6 Å². The van der Waals surface area contributed by atoms with Crippen LogP contribution in [0.5, 0.6) is 0 Å². The third kappa shape index (κ3) is 5.12. The number of hydrogen-bond donors (Lipinski definition) is 2. The topological polar surface area (TPSA) is 80.4 Å². The fourth-order valence-corrected chi connectivity index (χ4v) is 6.11. The molecule has 1 amide bonds. The first-order valence-electron chi connectivity index (χ1n) is 10.9. The monoisotopic (exact) mass is 427 g/mol. The van der Waals surface area contributed by atoms with E-state index >= 15 is 0 Å². The number of rotatable bonds is 7. The van der Waals surface area contributed by atoms with E-state index in [2.05, 4.69) is 26.0 Å². The molecule has 3 aliphatic rings. The van der Waals surface area contributed by atoms with Crippen molar-refractivity contribution in [2.75, 3.05) is 0 Å². The summed E-state index contributed by atoms with van der Waals surface area (Å²) < 4.78 is 0.977. The minimum Gasteiger partial charge on any atom is -0.481 e. The lowest BCUT2D eigenvalue weighted by atomic mass is 9.45. The number of aliphatic carboxylic acids is 1. The Morgan fingerprint density at radius 2 is 2.03 bits per heavy atom. The maximum atomic E-state index is 10.9. The molecule has 3 saturated carbocycles. The molecule has 2 aromatic rings. The summed E-state index contributed by atoms with van der Waals surface area (Å²) in [6.45, 7) is 4.88. The normalized spacial score (nSPS) is 24.1. The third-order valence-corrected chi connectivity index (χ3v) is 8.08. The molecule has 4 nitrogen and oxygen atoms in total. The van der Waals surface area contributed by atoms with E-state index in [-0.39, 0.29) is 5.91 Å². The van der Waals surface area contributed by atoms with Gasteiger partial charge in [-0.1, -0.05) is 38.1 Å². The number of carbonyl (C=O) groups is 2. The number of carbonyl (C=O) groups excluding carboxylic acids is 1. The Morgan fingerprint density at radius 1 is 1.23 bits per heavy atom. The van der Waals surface area contributed by atoms with Gasteiger partial charge in [-0.05, 0) is 84.6 Å². The van der Waals surface area contributed by atoms with Crippen LogP contribution in [-0.2, 0) is 4.79 Å². The summed E-state index contributed by atoms with van der Waals surface area (Å²) in [7, 11) is 0. The first-order valence-corrected chi connectivity index (χ1v) is 11.8. The van der Waals surface area contributed by atoms with Crippen molar-refractivity contribution >= 4 is 33.3 Å². The van der Waals surface area contributed by atoms with E-state index < -0.39 is 5.97 Å². The van der Waals surface area contributed by atoms with Crippen molar-refractivity contribution in [1.82, 2.24) is 0 Å². The summed E-state index contributed by atoms with van der Waals surface area (Å²) in [5.41, 5.74) is 6.40. The van der Waals surface area contributed by atoms with Crippen LogP contribution in [0.25, 0.3) is 10.1 Å². The molecule has 2 bridgehead atoms. The second-order valence-electron chi connectivity index (χ2n) is 9.20. The Labute approximate surface area is 183 Å². The van der Waals surface area contributed by atoms with E-state index in [1.165, 1.54) is 25.7 Å². The highest BCUT2D eigenvalue weighted by Gasteiger charge is 2.53. The number of carboxylic acid groups (broad SMARTS) is 1. The number of unbranched alkanes of at least 4 members (excludes halogenated alkanes) is 1. The molecule has 0 spiro atoms. The van der Waals surface area contributed by atoms with Gasteiger partial charge in [-0.3, -0.25) is 9.59 Å². The molecule has 162 valence electrons. The van der Waals surface area contributed by atoms with Crippen molar-refractivity contribution in [2.45, 2.75) is 58.8 Å². The molecular formula is C25H33NO3S. The maximum Gasteiger partial charge on any atom is 0.303 e. The van der Waals surface area contributed by atoms with Gasteiger partial charge < -0.3 is 10.8 Å². The number of fused-ring (bicyclic) bond motifs is 3. The number of allylic oxidation sites excluding steroid dienone is 2. The number of benzene rings is 1. The summed E-state index contributed by atoms with van der Waals surface area (Å²) in [6.07, 6.45) is 11.9. The Bertz CT molecular complexity index is 912. The van der Waals surface area contributed by atoms with Gasteiger partial charge in [-0.2, -0.15) is 0 Å². The van der Waals surface area contributed by atoms with Crippen LogP contribution in [0.15, 0.2) is 41.8 Å². The molecule has 3 aliphatic carbocycles. The zero-order valence-corrected chi connectivity index (χ0v) is 18.8. The summed E-state index contributed by atoms with van der Waals surface area (Å²) in [6, 6.07) is 7.54. The lowest BCUT2D eigenvalue weighted by Gasteiger charge is -2.60. The molecule has 1 aromatic carbocycles. The summed E-state index contributed by atoms with van der Waals surface area (Å²) in [4.78, 5) is 21.3. The lowest BCUT2D eigenvalue weighted by molar-refractivity contribution is -0.137. The third-order valence-electron chi connectivity index (χ3n) is 7.11. The molecule has 1 heterocycles. The molecule has 0 saturated heterocycles. The van der Waals surface area contributed by atoms with Gasteiger partial charge in [0.15, 0.2) is 0 Å². The highest BCUT2D eigenvalue weighted by Crippen LogP contribution is 2.62. The maximum absolute atomic E-state index is 10.9. The van der Waals surface area contributed by atoms with Gasteiger partial charge in [0.05, 0.1) is 5.56 Å². The quantitative estimate of drug-likeness (QED) is 0.404. The average Bonchev–Trinajstić information content (AvgIpc) is 3.19. The van der Waals surface area contributed by atoms with Crippen LogP contribution in [0, 0.1) is 23.2 Å². The van der Waals surface area contributed by atoms with E-state index in [0.717, 1.165) is 40.7 Å². The Kier molecular flexibility index (Phi) is 7.35. The van der Waals surface area contributed by atoms with Gasteiger partial charge in [0.1, 0.15) is 0 Å². The number of primary amides is 1. The highest BCUT2D eigenvalue weighted by molar-refractivity contribution is 7.17. The Hall–Kier alpha value is -2.14. The number of amides is 1. The van der Waals surface area contributed by atoms with Crippen LogP contribution in [0.2, 0.25) is 0 Å². The smallest absolute Gasteiger partial charge is 0.303 e. The molecule has 5 rings (SSSR count). The van der Waals surface area contributed by atoms with Crippen molar-refractivity contribution in [3.63, 3.8) is 0 Å². The van der Waals surface area contributed by atoms with E-state index in [1.54, 1.807) is 17.4 Å². The predicted molar refractivity (Wildman–Crippen MR) is 124 cm³/mol. The Balaban J connectivity index is 0.000000184. The average molecular weight is 428 g/mol. The molecule has 5 heteroatoms. The van der Waals surface area contributed by atoms with Crippen LogP contribution < -0.4 is 5.73 Å². The van der Waals surface area contributed by atoms with E-state index in [4.69, 9.17) is 10.8 Å². The predicted octanol–water partition coefficient (Wildman–Crippen LogP) is 6.26. The fraction of sp³-hybridized carbons (Fsp3) is 0.520. The number of hydrogen-bond acceptors (Lipinski definition) is 3.